The summed E-state index contributed by atoms with van der Waals surface area (Å²) in [5.74, 6) is 0. The average molecular weight is 512 g/mol. The van der Waals surface area contributed by atoms with Gasteiger partial charge in [0.1, 0.15) is 11.3 Å². The Kier molecular flexibility index (Phi) is 4.82. The molecule has 0 fully saturated rings. The molecule has 0 bridgehead atoms. The van der Waals surface area contributed by atoms with Gasteiger partial charge in [-0.2, -0.15) is 5.26 Å². The Morgan fingerprint density at radius 1 is 0.550 bits per heavy atom. The topological polar surface area (TPSA) is 59.4 Å². The third-order valence-corrected chi connectivity index (χ3v) is 7.65. The molecule has 8 aromatic rings. The van der Waals surface area contributed by atoms with Crippen molar-refractivity contribution in [2.45, 2.75) is 0 Å². The number of fused-ring (bicyclic) bond motifs is 6. The third kappa shape index (κ3) is 3.20. The molecule has 0 unspecified atom stereocenters. The molecule has 0 N–H and O–H groups in total. The van der Waals surface area contributed by atoms with Crippen molar-refractivity contribution in [3.05, 3.63) is 133 Å². The van der Waals surface area contributed by atoms with Crippen molar-refractivity contribution in [1.29, 1.82) is 5.26 Å². The van der Waals surface area contributed by atoms with E-state index in [2.05, 4.69) is 100 Å². The van der Waals surface area contributed by atoms with Crippen LogP contribution in [0, 0.1) is 11.3 Å². The number of rotatable bonds is 3. The molecule has 0 saturated carbocycles. The summed E-state index contributed by atoms with van der Waals surface area (Å²) in [7, 11) is 0. The molecule has 4 heterocycles. The second-order valence-corrected chi connectivity index (χ2v) is 9.85. The highest BCUT2D eigenvalue weighted by Crippen LogP contribution is 2.37. The van der Waals surface area contributed by atoms with E-state index < -0.39 is 0 Å². The van der Waals surface area contributed by atoms with Gasteiger partial charge in [0.25, 0.3) is 0 Å². The van der Waals surface area contributed by atoms with Crippen LogP contribution in [0.15, 0.2) is 128 Å². The smallest absolute Gasteiger partial charge is 0.146 e. The lowest BCUT2D eigenvalue weighted by molar-refractivity contribution is 1.10. The minimum Gasteiger partial charge on any atom is -0.309 e. The van der Waals surface area contributed by atoms with Crippen molar-refractivity contribution in [2.24, 2.45) is 0 Å². The van der Waals surface area contributed by atoms with Crippen molar-refractivity contribution >= 4 is 43.9 Å². The summed E-state index contributed by atoms with van der Waals surface area (Å²) in [6.07, 6.45) is 3.62. The molecule has 5 heteroatoms. The number of benzene rings is 4. The van der Waals surface area contributed by atoms with Crippen LogP contribution in [0.3, 0.4) is 0 Å². The van der Waals surface area contributed by atoms with Crippen LogP contribution in [0.4, 0.5) is 0 Å². The molecule has 4 aromatic carbocycles. The molecule has 0 amide bonds. The van der Waals surface area contributed by atoms with E-state index in [0.29, 0.717) is 5.56 Å². The van der Waals surface area contributed by atoms with Crippen LogP contribution in [-0.2, 0) is 0 Å². The summed E-state index contributed by atoms with van der Waals surface area (Å²) in [6, 6.07) is 41.8. The highest BCUT2D eigenvalue weighted by molar-refractivity contribution is 6.09. The second-order valence-electron chi connectivity index (χ2n) is 9.85. The van der Waals surface area contributed by atoms with Gasteiger partial charge in [0, 0.05) is 45.2 Å². The van der Waals surface area contributed by atoms with E-state index >= 15 is 0 Å². The van der Waals surface area contributed by atoms with Crippen LogP contribution >= 0.6 is 0 Å². The zero-order valence-electron chi connectivity index (χ0n) is 21.4. The average Bonchev–Trinajstić information content (AvgIpc) is 3.54. The van der Waals surface area contributed by atoms with Gasteiger partial charge in [0.2, 0.25) is 0 Å². The van der Waals surface area contributed by atoms with Gasteiger partial charge in [0.05, 0.1) is 28.4 Å². The number of aromatic nitrogens is 4. The SMILES string of the molecule is N#Cc1ccc(-n2c3ncccc3c3cccnc32)c(-c2cccc(-n3c4ccccc4c4ccccc43)c2)c1. The number of nitrogens with zero attached hydrogens (tertiary/aromatic N) is 5. The minimum atomic E-state index is 0.600. The lowest BCUT2D eigenvalue weighted by atomic mass is 10.00. The Hall–Kier alpha value is -5.73. The second kappa shape index (κ2) is 8.65. The van der Waals surface area contributed by atoms with Crippen LogP contribution in [-0.4, -0.2) is 19.1 Å². The van der Waals surface area contributed by atoms with Crippen LogP contribution < -0.4 is 0 Å². The van der Waals surface area contributed by atoms with E-state index in [1.165, 1.54) is 10.8 Å². The summed E-state index contributed by atoms with van der Waals surface area (Å²) in [6.45, 7) is 0. The monoisotopic (exact) mass is 511 g/mol. The van der Waals surface area contributed by atoms with Crippen LogP contribution in [0.2, 0.25) is 0 Å². The number of hydrogen-bond donors (Lipinski definition) is 0. The molecule has 5 nitrogen and oxygen atoms in total. The maximum Gasteiger partial charge on any atom is 0.146 e. The number of para-hydroxylation sites is 2. The first-order valence-electron chi connectivity index (χ1n) is 13.2. The largest absolute Gasteiger partial charge is 0.309 e. The van der Waals surface area contributed by atoms with Gasteiger partial charge in [-0.1, -0.05) is 48.5 Å². The van der Waals surface area contributed by atoms with Crippen molar-refractivity contribution in [3.63, 3.8) is 0 Å². The summed E-state index contributed by atoms with van der Waals surface area (Å²) < 4.78 is 4.42. The van der Waals surface area contributed by atoms with Gasteiger partial charge in [-0.15, -0.1) is 0 Å². The summed E-state index contributed by atoms with van der Waals surface area (Å²) in [5, 5.41) is 14.4. The van der Waals surface area contributed by atoms with Crippen molar-refractivity contribution in [1.82, 2.24) is 19.1 Å². The maximum absolute atomic E-state index is 9.83. The van der Waals surface area contributed by atoms with Gasteiger partial charge in [-0.05, 0) is 72.3 Å². The predicted octanol–water partition coefficient (Wildman–Crippen LogP) is 8.21. The zero-order chi connectivity index (χ0) is 26.6. The highest BCUT2D eigenvalue weighted by atomic mass is 15.1. The fraction of sp³-hybridized carbons (Fsp3) is 0. The molecule has 0 aliphatic carbocycles. The van der Waals surface area contributed by atoms with Gasteiger partial charge >= 0.3 is 0 Å². The molecule has 0 radical (unpaired) electrons. The molecule has 0 spiro atoms. The molecular formula is C35H21N5. The van der Waals surface area contributed by atoms with E-state index in [1.54, 1.807) is 0 Å². The Morgan fingerprint density at radius 2 is 1.18 bits per heavy atom. The summed E-state index contributed by atoms with van der Waals surface area (Å²) >= 11 is 0. The van der Waals surface area contributed by atoms with E-state index in [-0.39, 0.29) is 0 Å². The first-order valence-corrected chi connectivity index (χ1v) is 13.2. The first-order chi connectivity index (χ1) is 19.8. The molecule has 0 atom stereocenters. The van der Waals surface area contributed by atoms with Gasteiger partial charge in [0.15, 0.2) is 0 Å². The summed E-state index contributed by atoms with van der Waals surface area (Å²) in [4.78, 5) is 9.50. The molecule has 0 aliphatic rings. The molecule has 0 saturated heterocycles. The minimum absolute atomic E-state index is 0.600. The lowest BCUT2D eigenvalue weighted by Gasteiger charge is -2.15. The standard InChI is InChI=1S/C35H21N5/c36-22-23-16-17-33(40-34-28(12-6-18-37-34)29-13-7-19-38-35(29)40)30(20-23)24-8-5-9-25(21-24)39-31-14-3-1-10-26(31)27-11-2-4-15-32(27)39/h1-21H. The Labute approximate surface area is 229 Å². The first kappa shape index (κ1) is 22.3. The van der Waals surface area contributed by atoms with E-state index in [9.17, 15) is 5.26 Å². The predicted molar refractivity (Wildman–Crippen MR) is 161 cm³/mol. The molecule has 186 valence electrons. The molecule has 8 rings (SSSR count). The Balaban J connectivity index is 1.42. The zero-order valence-corrected chi connectivity index (χ0v) is 21.4. The molecule has 0 aliphatic heterocycles. The van der Waals surface area contributed by atoms with Gasteiger partial charge in [-0.25, -0.2) is 9.97 Å². The summed E-state index contributed by atoms with van der Waals surface area (Å²) in [5.41, 5.74) is 8.51. The van der Waals surface area contributed by atoms with Crippen molar-refractivity contribution in [2.75, 3.05) is 0 Å². The maximum atomic E-state index is 9.83. The van der Waals surface area contributed by atoms with Crippen LogP contribution in [0.1, 0.15) is 5.56 Å². The van der Waals surface area contributed by atoms with Crippen molar-refractivity contribution in [3.8, 4) is 28.6 Å². The van der Waals surface area contributed by atoms with Crippen molar-refractivity contribution < 1.29 is 0 Å². The molecule has 4 aromatic heterocycles. The Morgan fingerprint density at radius 3 is 1.82 bits per heavy atom. The number of nitriles is 1. The fourth-order valence-corrected chi connectivity index (χ4v) is 5.94. The van der Waals surface area contributed by atoms with Crippen LogP contribution in [0.25, 0.3) is 66.4 Å². The third-order valence-electron chi connectivity index (χ3n) is 7.65. The molecular weight excluding hydrogens is 490 g/mol. The highest BCUT2D eigenvalue weighted by Gasteiger charge is 2.18. The number of pyridine rings is 2. The lowest BCUT2D eigenvalue weighted by Crippen LogP contribution is -2.01. The van der Waals surface area contributed by atoms with E-state index in [0.717, 1.165) is 55.6 Å². The van der Waals surface area contributed by atoms with E-state index in [1.807, 2.05) is 42.7 Å². The Bertz CT molecular complexity index is 2190. The molecule has 40 heavy (non-hydrogen) atoms. The van der Waals surface area contributed by atoms with E-state index in [4.69, 9.17) is 9.97 Å². The normalized spacial score (nSPS) is 11.5. The van der Waals surface area contributed by atoms with Crippen LogP contribution in [0.5, 0.6) is 0 Å². The quantitative estimate of drug-likeness (QED) is 0.240. The number of hydrogen-bond acceptors (Lipinski definition) is 3. The fourth-order valence-electron chi connectivity index (χ4n) is 5.94. The van der Waals surface area contributed by atoms with Gasteiger partial charge in [-0.3, -0.25) is 4.57 Å². The van der Waals surface area contributed by atoms with Gasteiger partial charge < -0.3 is 4.57 Å².